The third-order valence-corrected chi connectivity index (χ3v) is 4.61. The van der Waals surface area contributed by atoms with Crippen LogP contribution >= 0.6 is 0 Å². The lowest BCUT2D eigenvalue weighted by Gasteiger charge is -2.49. The van der Waals surface area contributed by atoms with Gasteiger partial charge in [0, 0.05) is 24.2 Å². The number of benzene rings is 1. The van der Waals surface area contributed by atoms with E-state index >= 15 is 0 Å². The first-order valence-corrected chi connectivity index (χ1v) is 9.02. The van der Waals surface area contributed by atoms with E-state index in [0.717, 1.165) is 12.8 Å². The van der Waals surface area contributed by atoms with Gasteiger partial charge < -0.3 is 25.5 Å². The van der Waals surface area contributed by atoms with Crippen molar-refractivity contribution in [1.29, 1.82) is 0 Å². The number of carbonyl (C=O) groups is 4. The Morgan fingerprint density at radius 2 is 1.31 bits per heavy atom. The van der Waals surface area contributed by atoms with Crippen molar-refractivity contribution in [3.8, 4) is 0 Å². The molecule has 0 saturated carbocycles. The van der Waals surface area contributed by atoms with Gasteiger partial charge in [-0.25, -0.2) is 14.4 Å². The molecule has 0 bridgehead atoms. The zero-order valence-electron chi connectivity index (χ0n) is 17.2. The Labute approximate surface area is 169 Å². The van der Waals surface area contributed by atoms with Crippen molar-refractivity contribution in [3.63, 3.8) is 0 Å². The van der Waals surface area contributed by atoms with Gasteiger partial charge in [-0.05, 0) is 52.7 Å². The maximum Gasteiger partial charge on any atom is 0.414 e. The van der Waals surface area contributed by atoms with E-state index < -0.39 is 17.9 Å². The number of hydrogen-bond acceptors (Lipinski definition) is 5. The zero-order chi connectivity index (χ0) is 22.6. The Morgan fingerprint density at radius 3 is 1.69 bits per heavy atom. The summed E-state index contributed by atoms with van der Waals surface area (Å²) in [6, 6.07) is 6.45. The van der Waals surface area contributed by atoms with E-state index in [9.17, 15) is 14.7 Å². The average Bonchev–Trinajstić information content (AvgIpc) is 2.58. The first kappa shape index (κ1) is 24.1. The summed E-state index contributed by atoms with van der Waals surface area (Å²) >= 11 is 0. The second-order valence-electron chi connectivity index (χ2n) is 8.33. The highest BCUT2D eigenvalue weighted by molar-refractivity contribution is 6.27. The molecule has 1 aliphatic heterocycles. The van der Waals surface area contributed by atoms with Crippen molar-refractivity contribution in [2.24, 2.45) is 0 Å². The first-order chi connectivity index (χ1) is 13.2. The summed E-state index contributed by atoms with van der Waals surface area (Å²) in [5, 5.41) is 27.7. The van der Waals surface area contributed by atoms with Crippen LogP contribution in [0.1, 0.15) is 61.3 Å². The van der Waals surface area contributed by atoms with Gasteiger partial charge in [0.1, 0.15) is 0 Å². The molecular formula is C20H28N2O7. The molecule has 0 aromatic heterocycles. The summed E-state index contributed by atoms with van der Waals surface area (Å²) in [6.45, 7) is 8.52. The minimum Gasteiger partial charge on any atom is -0.478 e. The van der Waals surface area contributed by atoms with Gasteiger partial charge in [0.2, 0.25) is 0 Å². The van der Waals surface area contributed by atoms with Crippen LogP contribution in [0.4, 0.5) is 0 Å². The number of nitrogens with one attached hydrogen (secondary N) is 1. The molecule has 160 valence electrons. The Kier molecular flexibility index (Phi) is 7.51. The second-order valence-corrected chi connectivity index (χ2v) is 8.33. The van der Waals surface area contributed by atoms with Gasteiger partial charge in [-0.1, -0.05) is 12.1 Å². The Balaban J connectivity index is 0.000000612. The molecule has 1 heterocycles. The average molecular weight is 408 g/mol. The van der Waals surface area contributed by atoms with Crippen LogP contribution < -0.4 is 5.32 Å². The van der Waals surface area contributed by atoms with Gasteiger partial charge in [0.05, 0.1) is 11.1 Å². The van der Waals surface area contributed by atoms with Crippen molar-refractivity contribution < 1.29 is 34.5 Å². The van der Waals surface area contributed by atoms with E-state index in [0.29, 0.717) is 0 Å². The van der Waals surface area contributed by atoms with E-state index in [1.165, 1.54) is 6.07 Å². The molecule has 0 radical (unpaired) electrons. The third-order valence-electron chi connectivity index (χ3n) is 4.61. The summed E-state index contributed by atoms with van der Waals surface area (Å²) in [5.74, 6) is -4.96. The maximum absolute atomic E-state index is 12.8. The minimum atomic E-state index is -1.82. The van der Waals surface area contributed by atoms with Crippen molar-refractivity contribution >= 4 is 23.8 Å². The zero-order valence-corrected chi connectivity index (χ0v) is 17.2. The molecule has 4 N–H and O–H groups in total. The monoisotopic (exact) mass is 408 g/mol. The molecule has 9 nitrogen and oxygen atoms in total. The first-order valence-electron chi connectivity index (χ1n) is 9.02. The topological polar surface area (TPSA) is 144 Å². The highest BCUT2D eigenvalue weighted by Crippen LogP contribution is 2.31. The molecule has 1 aliphatic rings. The highest BCUT2D eigenvalue weighted by Gasteiger charge is 2.40. The summed E-state index contributed by atoms with van der Waals surface area (Å²) in [4.78, 5) is 44.1. The van der Waals surface area contributed by atoms with Gasteiger partial charge in [-0.15, -0.1) is 0 Å². The number of carbonyl (C=O) groups excluding carboxylic acids is 1. The van der Waals surface area contributed by atoms with E-state index in [1.54, 1.807) is 30.1 Å². The normalized spacial score (nSPS) is 17.4. The summed E-state index contributed by atoms with van der Waals surface area (Å²) in [7, 11) is 1.77. The Hall–Kier alpha value is -2.94. The SMILES string of the molecule is CN(C(=O)c1ccccc1C(=O)O)C1CC(C)(C)NC(C)(C)C1.O=C(O)C(=O)O. The van der Waals surface area contributed by atoms with Gasteiger partial charge in [-0.2, -0.15) is 0 Å². The van der Waals surface area contributed by atoms with Crippen LogP contribution in [-0.2, 0) is 9.59 Å². The number of carboxylic acid groups (broad SMARTS) is 3. The molecule has 0 spiro atoms. The standard InChI is InChI=1S/C18H26N2O3.C2H2O4/c1-17(2)10-12(11-18(3,4)19-17)20(5)15(21)13-8-6-7-9-14(13)16(22)23;3-1(4)2(5)6/h6-9,12,19H,10-11H2,1-5H3,(H,22,23);(H,3,4)(H,5,6). The number of hydrogen-bond donors (Lipinski definition) is 4. The molecule has 1 aromatic rings. The van der Waals surface area contributed by atoms with E-state index in [1.807, 2.05) is 0 Å². The Morgan fingerprint density at radius 1 is 0.897 bits per heavy atom. The molecule has 1 amide bonds. The van der Waals surface area contributed by atoms with Crippen molar-refractivity contribution in [2.75, 3.05) is 7.05 Å². The minimum absolute atomic E-state index is 0.0526. The van der Waals surface area contributed by atoms with Crippen LogP contribution in [0, 0.1) is 0 Å². The van der Waals surface area contributed by atoms with Crippen LogP contribution in [0.2, 0.25) is 0 Å². The number of nitrogens with zero attached hydrogens (tertiary/aromatic N) is 1. The fourth-order valence-electron chi connectivity index (χ4n) is 3.75. The van der Waals surface area contributed by atoms with Crippen LogP contribution in [0.25, 0.3) is 0 Å². The smallest absolute Gasteiger partial charge is 0.414 e. The van der Waals surface area contributed by atoms with Crippen LogP contribution in [0.3, 0.4) is 0 Å². The predicted octanol–water partition coefficient (Wildman–Crippen LogP) is 1.92. The van der Waals surface area contributed by atoms with Gasteiger partial charge in [0.15, 0.2) is 0 Å². The molecule has 1 saturated heterocycles. The quantitative estimate of drug-likeness (QED) is 0.555. The molecule has 9 heteroatoms. The summed E-state index contributed by atoms with van der Waals surface area (Å²) in [5.41, 5.74) is 0.147. The Bertz CT molecular complexity index is 774. The van der Waals surface area contributed by atoms with E-state index in [2.05, 4.69) is 33.0 Å². The molecule has 1 aromatic carbocycles. The van der Waals surface area contributed by atoms with Crippen molar-refractivity contribution in [3.05, 3.63) is 35.4 Å². The molecule has 2 rings (SSSR count). The lowest BCUT2D eigenvalue weighted by Crippen LogP contribution is -2.62. The summed E-state index contributed by atoms with van der Waals surface area (Å²) in [6.07, 6.45) is 1.65. The van der Waals surface area contributed by atoms with Crippen LogP contribution in [-0.4, -0.2) is 68.2 Å². The number of aromatic carboxylic acids is 1. The molecular weight excluding hydrogens is 380 g/mol. The summed E-state index contributed by atoms with van der Waals surface area (Å²) < 4.78 is 0. The molecule has 0 unspecified atom stereocenters. The number of aliphatic carboxylic acids is 2. The second kappa shape index (κ2) is 9.04. The number of piperidine rings is 1. The molecule has 0 atom stereocenters. The van der Waals surface area contributed by atoms with Gasteiger partial charge in [-0.3, -0.25) is 4.79 Å². The van der Waals surface area contributed by atoms with E-state index in [4.69, 9.17) is 19.8 Å². The van der Waals surface area contributed by atoms with Crippen molar-refractivity contribution in [2.45, 2.75) is 57.7 Å². The van der Waals surface area contributed by atoms with Gasteiger partial charge >= 0.3 is 17.9 Å². The number of rotatable bonds is 3. The fourth-order valence-corrected chi connectivity index (χ4v) is 3.75. The third kappa shape index (κ3) is 6.86. The lowest BCUT2D eigenvalue weighted by molar-refractivity contribution is -0.159. The lowest BCUT2D eigenvalue weighted by atomic mass is 9.79. The molecule has 0 aliphatic carbocycles. The predicted molar refractivity (Wildman–Crippen MR) is 105 cm³/mol. The number of amides is 1. The van der Waals surface area contributed by atoms with E-state index in [-0.39, 0.29) is 34.2 Å². The van der Waals surface area contributed by atoms with Crippen LogP contribution in [0.5, 0.6) is 0 Å². The van der Waals surface area contributed by atoms with Crippen LogP contribution in [0.15, 0.2) is 24.3 Å². The molecule has 29 heavy (non-hydrogen) atoms. The van der Waals surface area contributed by atoms with Gasteiger partial charge in [0.25, 0.3) is 5.91 Å². The maximum atomic E-state index is 12.8. The molecule has 1 fully saturated rings. The number of carboxylic acids is 3. The highest BCUT2D eigenvalue weighted by atomic mass is 16.4. The van der Waals surface area contributed by atoms with Crippen molar-refractivity contribution in [1.82, 2.24) is 10.2 Å². The largest absolute Gasteiger partial charge is 0.478 e. The fraction of sp³-hybridized carbons (Fsp3) is 0.500.